The van der Waals surface area contributed by atoms with Crippen molar-refractivity contribution in [3.05, 3.63) is 59.2 Å². The number of esters is 2. The molecule has 2 aromatic rings. The molecule has 216 valence electrons. The molecule has 1 spiro atoms. The highest BCUT2D eigenvalue weighted by Crippen LogP contribution is 2.73. The maximum atomic E-state index is 14.2. The Morgan fingerprint density at radius 3 is 2.37 bits per heavy atom. The number of carbonyl (C=O) groups excluding carboxylic acids is 2. The number of fused-ring (bicyclic) bond motifs is 2. The Hall–Kier alpha value is -3.72. The molecule has 0 radical (unpaired) electrons. The molecule has 8 atom stereocenters. The van der Waals surface area contributed by atoms with Crippen molar-refractivity contribution in [2.75, 3.05) is 46.9 Å². The largest absolute Gasteiger partial charge is 0.493 e. The van der Waals surface area contributed by atoms with E-state index >= 15 is 0 Å². The molecule has 1 saturated carbocycles. The van der Waals surface area contributed by atoms with Crippen molar-refractivity contribution in [3.8, 4) is 17.2 Å². The first kappa shape index (κ1) is 26.2. The number of piperidine rings is 4. The highest BCUT2D eigenvalue weighted by Gasteiger charge is 2.84. The SMILES string of the molecule is C/C=C1\CN2[C@H]3C[C@@]45c6ccccc6N(C)[C@@H]4[C@@H]2C[C@@H]1[C@]3(C(=O)OC)[C@H]5OC(=O)c1cc(OC)c(OC)c(OC)c1. The van der Waals surface area contributed by atoms with Gasteiger partial charge in [-0.1, -0.05) is 29.8 Å². The van der Waals surface area contributed by atoms with E-state index in [4.69, 9.17) is 23.7 Å². The summed E-state index contributed by atoms with van der Waals surface area (Å²) >= 11 is 0. The molecule has 5 heterocycles. The van der Waals surface area contributed by atoms with Crippen LogP contribution in [0.15, 0.2) is 48.0 Å². The lowest BCUT2D eigenvalue weighted by atomic mass is 9.58. The van der Waals surface area contributed by atoms with Crippen LogP contribution < -0.4 is 19.1 Å². The molecule has 9 nitrogen and oxygen atoms in total. The highest BCUT2D eigenvalue weighted by atomic mass is 16.6. The molecule has 5 fully saturated rings. The fraction of sp³-hybridized carbons (Fsp3) is 0.500. The third-order valence-electron chi connectivity index (χ3n) is 10.8. The third-order valence-corrected chi connectivity index (χ3v) is 10.8. The van der Waals surface area contributed by atoms with Gasteiger partial charge in [0.05, 0.1) is 45.5 Å². The van der Waals surface area contributed by atoms with Gasteiger partial charge in [-0.05, 0) is 43.5 Å². The minimum absolute atomic E-state index is 0.0452. The maximum absolute atomic E-state index is 14.2. The number of anilines is 1. The summed E-state index contributed by atoms with van der Waals surface area (Å²) in [5, 5.41) is 0. The fourth-order valence-corrected chi connectivity index (χ4v) is 9.51. The van der Waals surface area contributed by atoms with Gasteiger partial charge in [0.2, 0.25) is 5.75 Å². The van der Waals surface area contributed by atoms with Crippen molar-refractivity contribution in [1.82, 2.24) is 4.90 Å². The Balaban J connectivity index is 1.44. The highest BCUT2D eigenvalue weighted by molar-refractivity contribution is 5.93. The number of ether oxygens (including phenoxy) is 5. The van der Waals surface area contributed by atoms with Crippen molar-refractivity contribution < 1.29 is 33.3 Å². The lowest BCUT2D eigenvalue weighted by Gasteiger charge is -2.61. The summed E-state index contributed by atoms with van der Waals surface area (Å²) < 4.78 is 28.9. The Labute approximate surface area is 239 Å². The minimum Gasteiger partial charge on any atom is -0.493 e. The topological polar surface area (TPSA) is 86.8 Å². The second-order valence-corrected chi connectivity index (χ2v) is 11.8. The first-order valence-electron chi connectivity index (χ1n) is 14.2. The van der Waals surface area contributed by atoms with Crippen LogP contribution in [0.2, 0.25) is 0 Å². The van der Waals surface area contributed by atoms with Gasteiger partial charge < -0.3 is 28.6 Å². The number of likely N-dealkylation sites (N-methyl/N-ethyl adjacent to an activating group) is 1. The summed E-state index contributed by atoms with van der Waals surface area (Å²) in [6, 6.07) is 11.7. The minimum atomic E-state index is -1.03. The summed E-state index contributed by atoms with van der Waals surface area (Å²) in [7, 11) is 8.13. The van der Waals surface area contributed by atoms with Crippen LogP contribution in [0.1, 0.15) is 35.7 Å². The van der Waals surface area contributed by atoms with Crippen LogP contribution in [-0.4, -0.2) is 83.1 Å². The van der Waals surface area contributed by atoms with Crippen molar-refractivity contribution in [1.29, 1.82) is 0 Å². The fourth-order valence-electron chi connectivity index (χ4n) is 9.51. The summed E-state index contributed by atoms with van der Waals surface area (Å²) in [4.78, 5) is 33.3. The molecule has 0 amide bonds. The predicted octanol–water partition coefficient (Wildman–Crippen LogP) is 3.59. The Morgan fingerprint density at radius 1 is 1.02 bits per heavy atom. The summed E-state index contributed by atoms with van der Waals surface area (Å²) in [5.41, 5.74) is 2.14. The van der Waals surface area contributed by atoms with E-state index in [9.17, 15) is 9.59 Å². The third kappa shape index (κ3) is 2.95. The first-order valence-corrected chi connectivity index (χ1v) is 14.2. The van der Waals surface area contributed by atoms with Crippen molar-refractivity contribution in [3.63, 3.8) is 0 Å². The molecule has 1 aliphatic carbocycles. The van der Waals surface area contributed by atoms with Crippen molar-refractivity contribution in [2.24, 2.45) is 11.3 Å². The lowest BCUT2D eigenvalue weighted by Crippen LogP contribution is -2.71. The molecule has 41 heavy (non-hydrogen) atoms. The summed E-state index contributed by atoms with van der Waals surface area (Å²) in [5.74, 6) is 0.180. The van der Waals surface area contributed by atoms with Crippen LogP contribution in [0.4, 0.5) is 5.69 Å². The molecule has 2 aromatic carbocycles. The number of hydrogen-bond acceptors (Lipinski definition) is 9. The van der Waals surface area contributed by atoms with Gasteiger partial charge in [-0.25, -0.2) is 4.79 Å². The van der Waals surface area contributed by atoms with Crippen LogP contribution in [0, 0.1) is 11.3 Å². The van der Waals surface area contributed by atoms with E-state index in [1.54, 1.807) is 12.1 Å². The van der Waals surface area contributed by atoms with Gasteiger partial charge >= 0.3 is 11.9 Å². The van der Waals surface area contributed by atoms with Gasteiger partial charge in [0.25, 0.3) is 0 Å². The molecule has 1 unspecified atom stereocenters. The molecule has 0 aromatic heterocycles. The number of para-hydroxylation sites is 1. The number of benzene rings is 2. The average Bonchev–Trinajstić information content (AvgIpc) is 3.40. The normalized spacial score (nSPS) is 36.1. The first-order chi connectivity index (χ1) is 19.8. The molecule has 0 N–H and O–H groups in total. The Bertz CT molecular complexity index is 1460. The van der Waals surface area contributed by atoms with E-state index in [2.05, 4.69) is 35.1 Å². The number of methoxy groups -OCH3 is 4. The van der Waals surface area contributed by atoms with E-state index in [1.807, 2.05) is 19.1 Å². The van der Waals surface area contributed by atoms with E-state index in [0.717, 1.165) is 24.2 Å². The number of hydrogen-bond donors (Lipinski definition) is 0. The van der Waals surface area contributed by atoms with Gasteiger partial charge in [0, 0.05) is 37.3 Å². The van der Waals surface area contributed by atoms with Crippen LogP contribution in [-0.2, 0) is 19.7 Å². The monoisotopic (exact) mass is 560 g/mol. The van der Waals surface area contributed by atoms with E-state index < -0.39 is 22.9 Å². The van der Waals surface area contributed by atoms with Crippen molar-refractivity contribution >= 4 is 17.6 Å². The number of allylic oxidation sites excluding steroid dienone is 1. The molecule has 4 saturated heterocycles. The van der Waals surface area contributed by atoms with Gasteiger partial charge in [-0.3, -0.25) is 9.69 Å². The zero-order valence-electron chi connectivity index (χ0n) is 24.3. The molecule has 6 aliphatic rings. The number of carbonyl (C=O) groups is 2. The van der Waals surface area contributed by atoms with Crippen molar-refractivity contribution in [2.45, 2.75) is 49.4 Å². The van der Waals surface area contributed by atoms with Gasteiger partial charge in [-0.2, -0.15) is 0 Å². The van der Waals surface area contributed by atoms with Crippen LogP contribution >= 0.6 is 0 Å². The van der Waals surface area contributed by atoms with E-state index in [1.165, 1.54) is 34.0 Å². The zero-order chi connectivity index (χ0) is 28.8. The maximum Gasteiger partial charge on any atom is 0.338 e. The van der Waals surface area contributed by atoms with E-state index in [-0.39, 0.29) is 35.6 Å². The second kappa shape index (κ2) is 8.89. The van der Waals surface area contributed by atoms with Crippen LogP contribution in [0.3, 0.4) is 0 Å². The number of rotatable bonds is 6. The second-order valence-electron chi connectivity index (χ2n) is 11.8. The van der Waals surface area contributed by atoms with Gasteiger partial charge in [0.1, 0.15) is 11.5 Å². The van der Waals surface area contributed by atoms with Gasteiger partial charge in [0.15, 0.2) is 11.5 Å². The average molecular weight is 561 g/mol. The van der Waals surface area contributed by atoms with E-state index in [0.29, 0.717) is 23.7 Å². The number of nitrogens with zero attached hydrogens (tertiary/aromatic N) is 2. The molecule has 9 heteroatoms. The molecular formula is C32H36N2O7. The zero-order valence-corrected chi connectivity index (χ0v) is 24.3. The summed E-state index contributed by atoms with van der Waals surface area (Å²) in [6.07, 6.45) is 2.92. The smallest absolute Gasteiger partial charge is 0.338 e. The lowest BCUT2D eigenvalue weighted by molar-refractivity contribution is -0.180. The molecular weight excluding hydrogens is 524 g/mol. The quantitative estimate of drug-likeness (QED) is 0.389. The van der Waals surface area contributed by atoms with Crippen LogP contribution in [0.5, 0.6) is 17.2 Å². The standard InChI is InChI=1S/C32H36N2O7/c1-7-17-16-34-22-14-20(17)32(30(36)40-6)25(34)15-31(19-10-8-9-11-21(19)33(2)27(22)31)29(32)41-28(35)18-12-23(37-3)26(39-5)24(13-18)38-4/h7-13,20,22,25,27,29H,14-16H2,1-6H3/b17-7+/t20-,22-,25-,27+,29-,31+,32+/m0/s1. The Morgan fingerprint density at radius 2 is 1.73 bits per heavy atom. The van der Waals surface area contributed by atoms with Crippen LogP contribution in [0.25, 0.3) is 0 Å². The molecule has 6 bridgehead atoms. The summed E-state index contributed by atoms with van der Waals surface area (Å²) in [6.45, 7) is 2.85. The van der Waals surface area contributed by atoms with Gasteiger partial charge in [-0.15, -0.1) is 0 Å². The predicted molar refractivity (Wildman–Crippen MR) is 151 cm³/mol. The molecule has 8 rings (SSSR count). The molecule has 5 aliphatic heterocycles. The Kier molecular flexibility index (Phi) is 5.68.